The second kappa shape index (κ2) is 5.53. The summed E-state index contributed by atoms with van der Waals surface area (Å²) in [5.74, 6) is 0.112. The summed E-state index contributed by atoms with van der Waals surface area (Å²) in [5, 5.41) is 2.33. The highest BCUT2D eigenvalue weighted by molar-refractivity contribution is 5.94. The largest absolute Gasteiger partial charge is 0.318 e. The van der Waals surface area contributed by atoms with Crippen molar-refractivity contribution < 1.29 is 4.79 Å². The number of ketones is 1. The highest BCUT2D eigenvalue weighted by atomic mass is 16.1. The van der Waals surface area contributed by atoms with Gasteiger partial charge in [0.25, 0.3) is 0 Å². The van der Waals surface area contributed by atoms with E-state index in [-0.39, 0.29) is 5.78 Å². The van der Waals surface area contributed by atoms with Crippen LogP contribution in [0.3, 0.4) is 0 Å². The Kier molecular flexibility index (Phi) is 4.02. The average molecular weight is 246 g/mol. The van der Waals surface area contributed by atoms with Crippen LogP contribution in [0.1, 0.15) is 50.4 Å². The molecule has 1 aromatic carbocycles. The van der Waals surface area contributed by atoms with Crippen LogP contribution < -0.4 is 5.43 Å². The van der Waals surface area contributed by atoms with Gasteiger partial charge in [0.05, 0.1) is 0 Å². The molecule has 2 rings (SSSR count). The lowest BCUT2D eigenvalue weighted by Gasteiger charge is -2.39. The number of Topliss-reactive ketones (excluding diaryl/α,β-unsaturated/α-hetero) is 1. The first-order chi connectivity index (χ1) is 8.58. The van der Waals surface area contributed by atoms with Crippen LogP contribution in [0.2, 0.25) is 0 Å². The van der Waals surface area contributed by atoms with E-state index in [1.165, 1.54) is 19.3 Å². The molecule has 1 fully saturated rings. The number of piperidine rings is 1. The molecule has 1 saturated heterocycles. The van der Waals surface area contributed by atoms with Gasteiger partial charge in [0.1, 0.15) is 0 Å². The van der Waals surface area contributed by atoms with Gasteiger partial charge < -0.3 is 5.43 Å². The van der Waals surface area contributed by atoms with Crippen molar-refractivity contribution in [3.8, 4) is 0 Å². The van der Waals surface area contributed by atoms with E-state index in [0.717, 1.165) is 11.3 Å². The minimum Gasteiger partial charge on any atom is -0.318 e. The molecule has 1 N–H and O–H groups in total. The summed E-state index contributed by atoms with van der Waals surface area (Å²) < 4.78 is 0. The minimum atomic E-state index is 0.112. The third kappa shape index (κ3) is 2.91. The van der Waals surface area contributed by atoms with Gasteiger partial charge in [-0.2, -0.15) is 0 Å². The van der Waals surface area contributed by atoms with Crippen LogP contribution in [-0.2, 0) is 0 Å². The average Bonchev–Trinajstić information content (AvgIpc) is 2.34. The Morgan fingerprint density at radius 1 is 1.17 bits per heavy atom. The maximum atomic E-state index is 11.2. The van der Waals surface area contributed by atoms with Crippen molar-refractivity contribution in [2.24, 2.45) is 0 Å². The highest BCUT2D eigenvalue weighted by Gasteiger charge is 2.24. The van der Waals surface area contributed by atoms with Crippen molar-refractivity contribution in [3.05, 3.63) is 29.8 Å². The summed E-state index contributed by atoms with van der Waals surface area (Å²) in [5.41, 5.74) is 5.29. The van der Waals surface area contributed by atoms with Crippen molar-refractivity contribution >= 4 is 11.5 Å². The molecule has 2 atom stereocenters. The smallest absolute Gasteiger partial charge is 0.159 e. The lowest BCUT2D eigenvalue weighted by atomic mass is 10.00. The first-order valence-electron chi connectivity index (χ1n) is 6.74. The Balaban J connectivity index is 2.06. The van der Waals surface area contributed by atoms with Crippen LogP contribution >= 0.6 is 0 Å². The molecule has 0 saturated carbocycles. The van der Waals surface area contributed by atoms with Gasteiger partial charge in [0.2, 0.25) is 0 Å². The number of carbonyl (C=O) groups is 1. The van der Waals surface area contributed by atoms with Crippen LogP contribution in [0.15, 0.2) is 24.3 Å². The topological polar surface area (TPSA) is 32.3 Å². The molecule has 18 heavy (non-hydrogen) atoms. The normalized spacial score (nSPS) is 24.8. The number of hydrazine groups is 1. The maximum Gasteiger partial charge on any atom is 0.159 e. The molecule has 3 heteroatoms. The second-order valence-electron chi connectivity index (χ2n) is 5.28. The Hall–Kier alpha value is -1.35. The molecule has 3 nitrogen and oxygen atoms in total. The number of nitrogens with one attached hydrogen (secondary N) is 1. The number of carbonyl (C=O) groups excluding carboxylic acids is 1. The fourth-order valence-electron chi connectivity index (χ4n) is 2.57. The number of hydrogen-bond donors (Lipinski definition) is 1. The molecule has 0 bridgehead atoms. The van der Waals surface area contributed by atoms with Gasteiger partial charge in [-0.15, -0.1) is 0 Å². The van der Waals surface area contributed by atoms with E-state index in [2.05, 4.69) is 24.3 Å². The van der Waals surface area contributed by atoms with Crippen LogP contribution in [0.25, 0.3) is 0 Å². The Labute approximate surface area is 109 Å². The van der Waals surface area contributed by atoms with E-state index in [1.54, 1.807) is 6.92 Å². The van der Waals surface area contributed by atoms with Crippen LogP contribution in [-0.4, -0.2) is 22.9 Å². The first-order valence-corrected chi connectivity index (χ1v) is 6.74. The summed E-state index contributed by atoms with van der Waals surface area (Å²) in [6.45, 7) is 6.11. The third-order valence-corrected chi connectivity index (χ3v) is 3.74. The molecular weight excluding hydrogens is 224 g/mol. The molecule has 0 amide bonds. The standard InChI is InChI=1S/C15H22N2O/c1-11-5-4-6-12(2)17(11)16-15-9-7-14(8-10-15)13(3)18/h7-12,16H,4-6H2,1-3H3. The fourth-order valence-corrected chi connectivity index (χ4v) is 2.57. The molecule has 1 aliphatic heterocycles. The molecule has 0 radical (unpaired) electrons. The number of anilines is 1. The van der Waals surface area contributed by atoms with Gasteiger partial charge in [0, 0.05) is 23.3 Å². The predicted molar refractivity (Wildman–Crippen MR) is 74.7 cm³/mol. The molecule has 1 heterocycles. The number of rotatable bonds is 3. The molecule has 0 spiro atoms. The van der Waals surface area contributed by atoms with Crippen LogP contribution in [0, 0.1) is 0 Å². The predicted octanol–water partition coefficient (Wildman–Crippen LogP) is 3.48. The summed E-state index contributed by atoms with van der Waals surface area (Å²) in [4.78, 5) is 11.2. The lowest BCUT2D eigenvalue weighted by molar-refractivity contribution is 0.101. The monoisotopic (exact) mass is 246 g/mol. The van der Waals surface area contributed by atoms with Gasteiger partial charge in [0.15, 0.2) is 5.78 Å². The summed E-state index contributed by atoms with van der Waals surface area (Å²) in [6.07, 6.45) is 3.79. The van der Waals surface area contributed by atoms with Gasteiger partial charge in [-0.05, 0) is 57.9 Å². The van der Waals surface area contributed by atoms with Crippen molar-refractivity contribution in [1.29, 1.82) is 0 Å². The fraction of sp³-hybridized carbons (Fsp3) is 0.533. The van der Waals surface area contributed by atoms with Gasteiger partial charge in [-0.25, -0.2) is 5.01 Å². The van der Waals surface area contributed by atoms with Crippen molar-refractivity contribution in [2.45, 2.75) is 52.1 Å². The zero-order chi connectivity index (χ0) is 13.1. The summed E-state index contributed by atoms with van der Waals surface area (Å²) in [7, 11) is 0. The number of hydrogen-bond acceptors (Lipinski definition) is 3. The Morgan fingerprint density at radius 3 is 2.22 bits per heavy atom. The van der Waals surface area contributed by atoms with Crippen LogP contribution in [0.4, 0.5) is 5.69 Å². The van der Waals surface area contributed by atoms with Gasteiger partial charge >= 0.3 is 0 Å². The van der Waals surface area contributed by atoms with Crippen molar-refractivity contribution in [2.75, 3.05) is 5.43 Å². The lowest BCUT2D eigenvalue weighted by Crippen LogP contribution is -2.47. The van der Waals surface area contributed by atoms with Gasteiger partial charge in [-0.1, -0.05) is 6.42 Å². The number of nitrogens with zero attached hydrogens (tertiary/aromatic N) is 1. The van der Waals surface area contributed by atoms with E-state index in [0.29, 0.717) is 12.1 Å². The van der Waals surface area contributed by atoms with Crippen molar-refractivity contribution in [1.82, 2.24) is 5.01 Å². The summed E-state index contributed by atoms with van der Waals surface area (Å²) in [6, 6.07) is 8.83. The zero-order valence-corrected chi connectivity index (χ0v) is 11.4. The third-order valence-electron chi connectivity index (χ3n) is 3.74. The minimum absolute atomic E-state index is 0.112. The van der Waals surface area contributed by atoms with Crippen molar-refractivity contribution in [3.63, 3.8) is 0 Å². The molecule has 1 aliphatic rings. The van der Waals surface area contributed by atoms with Gasteiger partial charge in [-0.3, -0.25) is 4.79 Å². The molecule has 0 aliphatic carbocycles. The zero-order valence-electron chi connectivity index (χ0n) is 11.4. The molecular formula is C15H22N2O. The maximum absolute atomic E-state index is 11.2. The second-order valence-corrected chi connectivity index (χ2v) is 5.28. The van der Waals surface area contributed by atoms with E-state index in [9.17, 15) is 4.79 Å². The molecule has 98 valence electrons. The SMILES string of the molecule is CC(=O)c1ccc(NN2C(C)CCCC2C)cc1. The van der Waals surface area contributed by atoms with E-state index in [4.69, 9.17) is 0 Å². The Morgan fingerprint density at radius 2 is 1.72 bits per heavy atom. The van der Waals surface area contributed by atoms with Crippen LogP contribution in [0.5, 0.6) is 0 Å². The van der Waals surface area contributed by atoms with E-state index in [1.807, 2.05) is 24.3 Å². The molecule has 1 aromatic rings. The quantitative estimate of drug-likeness (QED) is 0.829. The number of benzene rings is 1. The molecule has 0 aromatic heterocycles. The Bertz CT molecular complexity index is 403. The highest BCUT2D eigenvalue weighted by Crippen LogP contribution is 2.23. The first kappa shape index (κ1) is 13.1. The van der Waals surface area contributed by atoms with E-state index < -0.39 is 0 Å². The van der Waals surface area contributed by atoms with E-state index >= 15 is 0 Å². The summed E-state index contributed by atoms with van der Waals surface area (Å²) >= 11 is 0. The molecule has 2 unspecified atom stereocenters.